The Morgan fingerprint density at radius 3 is 2.68 bits per heavy atom. The molecule has 96 valence electrons. The van der Waals surface area contributed by atoms with Crippen molar-refractivity contribution in [3.05, 3.63) is 36.2 Å². The van der Waals surface area contributed by atoms with Gasteiger partial charge in [-0.3, -0.25) is 4.68 Å². The lowest BCUT2D eigenvalue weighted by molar-refractivity contribution is 0.432. The molecular formula is C13H13N5O. The van der Waals surface area contributed by atoms with E-state index in [1.807, 2.05) is 32.2 Å². The van der Waals surface area contributed by atoms with E-state index in [2.05, 4.69) is 15.2 Å². The molecule has 3 rings (SSSR count). The summed E-state index contributed by atoms with van der Waals surface area (Å²) in [4.78, 5) is 4.37. The summed E-state index contributed by atoms with van der Waals surface area (Å²) < 4.78 is 7.04. The van der Waals surface area contributed by atoms with Gasteiger partial charge in [-0.2, -0.15) is 10.1 Å². The van der Waals surface area contributed by atoms with Gasteiger partial charge in [-0.1, -0.05) is 17.3 Å². The lowest BCUT2D eigenvalue weighted by Gasteiger charge is -1.98. The van der Waals surface area contributed by atoms with E-state index in [1.54, 1.807) is 16.9 Å². The molecule has 0 saturated heterocycles. The normalized spacial score (nSPS) is 10.8. The fourth-order valence-electron chi connectivity index (χ4n) is 1.85. The van der Waals surface area contributed by atoms with E-state index in [9.17, 15) is 0 Å². The van der Waals surface area contributed by atoms with E-state index in [4.69, 9.17) is 10.3 Å². The summed E-state index contributed by atoms with van der Waals surface area (Å²) in [6.07, 6.45) is 1.71. The summed E-state index contributed by atoms with van der Waals surface area (Å²) in [5, 5.41) is 8.13. The predicted octanol–water partition coefficient (Wildman–Crippen LogP) is 2.03. The van der Waals surface area contributed by atoms with E-state index in [1.165, 1.54) is 0 Å². The zero-order valence-corrected chi connectivity index (χ0v) is 10.7. The van der Waals surface area contributed by atoms with Gasteiger partial charge >= 0.3 is 0 Å². The molecule has 0 radical (unpaired) electrons. The zero-order chi connectivity index (χ0) is 13.4. The third kappa shape index (κ3) is 1.87. The number of nitrogens with two attached hydrogens (primary N) is 1. The molecule has 2 aromatic heterocycles. The van der Waals surface area contributed by atoms with Crippen LogP contribution >= 0.6 is 0 Å². The molecule has 0 aliphatic rings. The maximum atomic E-state index is 5.90. The van der Waals surface area contributed by atoms with Crippen LogP contribution in [0.25, 0.3) is 22.8 Å². The summed E-state index contributed by atoms with van der Waals surface area (Å²) in [5.74, 6) is 0.931. The largest absolute Gasteiger partial charge is 0.398 e. The molecule has 3 aromatic rings. The van der Waals surface area contributed by atoms with Crippen molar-refractivity contribution in [3.8, 4) is 22.8 Å². The van der Waals surface area contributed by atoms with Gasteiger partial charge in [-0.25, -0.2) is 0 Å². The molecule has 2 N–H and O–H groups in total. The smallest absolute Gasteiger partial charge is 0.261 e. The van der Waals surface area contributed by atoms with E-state index in [-0.39, 0.29) is 0 Å². The summed E-state index contributed by atoms with van der Waals surface area (Å²) in [5.41, 5.74) is 9.08. The SMILES string of the molecule is Cc1c(-c2nc(-c3ccccc3N)no2)cnn1C. The first-order chi connectivity index (χ1) is 9.16. The minimum absolute atomic E-state index is 0.448. The highest BCUT2D eigenvalue weighted by Crippen LogP contribution is 2.26. The highest BCUT2D eigenvalue weighted by atomic mass is 16.5. The number of para-hydroxylation sites is 1. The number of hydrogen-bond donors (Lipinski definition) is 1. The molecule has 0 spiro atoms. The van der Waals surface area contributed by atoms with Crippen molar-refractivity contribution in [2.45, 2.75) is 6.92 Å². The molecule has 0 unspecified atom stereocenters. The van der Waals surface area contributed by atoms with Crippen molar-refractivity contribution in [1.29, 1.82) is 0 Å². The monoisotopic (exact) mass is 255 g/mol. The second-order valence-corrected chi connectivity index (χ2v) is 4.28. The lowest BCUT2D eigenvalue weighted by atomic mass is 10.2. The Bertz CT molecular complexity index is 728. The third-order valence-corrected chi connectivity index (χ3v) is 3.09. The van der Waals surface area contributed by atoms with Gasteiger partial charge in [0.05, 0.1) is 11.8 Å². The molecule has 19 heavy (non-hydrogen) atoms. The van der Waals surface area contributed by atoms with Crippen LogP contribution in [-0.4, -0.2) is 19.9 Å². The fraction of sp³-hybridized carbons (Fsp3) is 0.154. The van der Waals surface area contributed by atoms with E-state index in [0.29, 0.717) is 17.4 Å². The van der Waals surface area contributed by atoms with Crippen molar-refractivity contribution in [2.24, 2.45) is 7.05 Å². The van der Waals surface area contributed by atoms with Gasteiger partial charge in [0.15, 0.2) is 0 Å². The van der Waals surface area contributed by atoms with E-state index in [0.717, 1.165) is 16.8 Å². The standard InChI is InChI=1S/C13H13N5O/c1-8-10(7-15-18(8)2)13-16-12(17-19-13)9-5-3-4-6-11(9)14/h3-7H,14H2,1-2H3. The Morgan fingerprint density at radius 2 is 2.00 bits per heavy atom. The van der Waals surface area contributed by atoms with Crippen LogP contribution in [0, 0.1) is 6.92 Å². The second-order valence-electron chi connectivity index (χ2n) is 4.28. The molecule has 0 aliphatic heterocycles. The molecule has 0 atom stereocenters. The second kappa shape index (κ2) is 4.24. The summed E-state index contributed by atoms with van der Waals surface area (Å²) in [7, 11) is 1.87. The van der Waals surface area contributed by atoms with Gasteiger partial charge in [0.1, 0.15) is 0 Å². The van der Waals surface area contributed by atoms with Crippen LogP contribution in [0.2, 0.25) is 0 Å². The maximum absolute atomic E-state index is 5.90. The van der Waals surface area contributed by atoms with Crippen LogP contribution in [0.5, 0.6) is 0 Å². The van der Waals surface area contributed by atoms with Crippen LogP contribution in [0.4, 0.5) is 5.69 Å². The van der Waals surface area contributed by atoms with Gasteiger partial charge in [-0.15, -0.1) is 0 Å². The number of anilines is 1. The molecule has 1 aromatic carbocycles. The summed E-state index contributed by atoms with van der Waals surface area (Å²) in [6, 6.07) is 7.42. The highest BCUT2D eigenvalue weighted by Gasteiger charge is 2.16. The van der Waals surface area contributed by atoms with Gasteiger partial charge in [0.2, 0.25) is 5.82 Å². The molecule has 6 heteroatoms. The quantitative estimate of drug-likeness (QED) is 0.708. The number of aryl methyl sites for hydroxylation is 1. The first-order valence-electron chi connectivity index (χ1n) is 5.84. The number of benzene rings is 1. The molecule has 0 fully saturated rings. The minimum Gasteiger partial charge on any atom is -0.398 e. The van der Waals surface area contributed by atoms with Crippen molar-refractivity contribution < 1.29 is 4.52 Å². The van der Waals surface area contributed by atoms with E-state index < -0.39 is 0 Å². The first kappa shape index (κ1) is 11.5. The number of rotatable bonds is 2. The van der Waals surface area contributed by atoms with Crippen LogP contribution in [-0.2, 0) is 7.05 Å². The zero-order valence-electron chi connectivity index (χ0n) is 10.7. The Kier molecular flexibility index (Phi) is 2.56. The van der Waals surface area contributed by atoms with Crippen molar-refractivity contribution >= 4 is 5.69 Å². The molecule has 0 saturated carbocycles. The Labute approximate surface area is 109 Å². The summed E-state index contributed by atoms with van der Waals surface area (Å²) >= 11 is 0. The number of hydrogen-bond acceptors (Lipinski definition) is 5. The Balaban J connectivity index is 2.05. The van der Waals surface area contributed by atoms with E-state index >= 15 is 0 Å². The average molecular weight is 255 g/mol. The molecule has 0 bridgehead atoms. The van der Waals surface area contributed by atoms with Crippen LogP contribution in [0.1, 0.15) is 5.69 Å². The van der Waals surface area contributed by atoms with Crippen LogP contribution < -0.4 is 5.73 Å². The van der Waals surface area contributed by atoms with Crippen LogP contribution in [0.3, 0.4) is 0 Å². The maximum Gasteiger partial charge on any atom is 0.261 e. The molecule has 6 nitrogen and oxygen atoms in total. The van der Waals surface area contributed by atoms with Gasteiger partial charge in [-0.05, 0) is 19.1 Å². The lowest BCUT2D eigenvalue weighted by Crippen LogP contribution is -1.92. The predicted molar refractivity (Wildman–Crippen MR) is 71.1 cm³/mol. The number of nitrogen functional groups attached to an aromatic ring is 1. The molecular weight excluding hydrogens is 242 g/mol. The van der Waals surface area contributed by atoms with Crippen molar-refractivity contribution in [2.75, 3.05) is 5.73 Å². The molecule has 0 amide bonds. The molecule has 0 aliphatic carbocycles. The fourth-order valence-corrected chi connectivity index (χ4v) is 1.85. The minimum atomic E-state index is 0.448. The van der Waals surface area contributed by atoms with Gasteiger partial charge < -0.3 is 10.3 Å². The topological polar surface area (TPSA) is 82.8 Å². The van der Waals surface area contributed by atoms with Crippen LogP contribution in [0.15, 0.2) is 35.0 Å². The number of aromatic nitrogens is 4. The highest BCUT2D eigenvalue weighted by molar-refractivity contribution is 5.72. The molecule has 2 heterocycles. The first-order valence-corrected chi connectivity index (χ1v) is 5.84. The average Bonchev–Trinajstić information content (AvgIpc) is 2.99. The van der Waals surface area contributed by atoms with Gasteiger partial charge in [0, 0.05) is 24.0 Å². The summed E-state index contributed by atoms with van der Waals surface area (Å²) in [6.45, 7) is 1.95. The van der Waals surface area contributed by atoms with Crippen molar-refractivity contribution in [1.82, 2.24) is 19.9 Å². The Morgan fingerprint density at radius 1 is 1.21 bits per heavy atom. The Hall–Kier alpha value is -2.63. The van der Waals surface area contributed by atoms with Crippen molar-refractivity contribution in [3.63, 3.8) is 0 Å². The third-order valence-electron chi connectivity index (χ3n) is 3.09. The number of nitrogens with zero attached hydrogens (tertiary/aromatic N) is 4. The van der Waals surface area contributed by atoms with Gasteiger partial charge in [0.25, 0.3) is 5.89 Å².